The maximum Gasteiger partial charge on any atom is 0.416 e. The molecule has 0 aliphatic rings. The van der Waals surface area contributed by atoms with E-state index in [0.717, 1.165) is 35.4 Å². The summed E-state index contributed by atoms with van der Waals surface area (Å²) in [5, 5.41) is 5.90. The minimum Gasteiger partial charge on any atom is -0.381 e. The normalized spacial score (nSPS) is 11.9. The minimum absolute atomic E-state index is 0.336. The summed E-state index contributed by atoms with van der Waals surface area (Å²) >= 11 is 0. The smallest absolute Gasteiger partial charge is 0.381 e. The van der Waals surface area contributed by atoms with Crippen LogP contribution in [0.4, 0.5) is 37.7 Å². The van der Waals surface area contributed by atoms with Crippen molar-refractivity contribution in [3.8, 4) is 0 Å². The fourth-order valence-electron chi connectivity index (χ4n) is 2.79. The van der Waals surface area contributed by atoms with Crippen LogP contribution < -0.4 is 10.6 Å². The zero-order valence-corrected chi connectivity index (χ0v) is 15.6. The number of nitrogens with one attached hydrogen (secondary N) is 2. The Balaban J connectivity index is 1.56. The SMILES string of the molecule is FC(F)(F)c1cccc(NCc2ccc(CNc3cccc(C(F)(F)F)c3)cc2)c1. The molecule has 3 rings (SSSR count). The van der Waals surface area contributed by atoms with E-state index in [1.54, 1.807) is 12.1 Å². The lowest BCUT2D eigenvalue weighted by atomic mass is 10.1. The molecule has 8 heteroatoms. The van der Waals surface area contributed by atoms with Crippen molar-refractivity contribution >= 4 is 11.4 Å². The van der Waals surface area contributed by atoms with Crippen molar-refractivity contribution in [3.63, 3.8) is 0 Å². The third-order valence-electron chi connectivity index (χ3n) is 4.40. The van der Waals surface area contributed by atoms with Gasteiger partial charge in [-0.15, -0.1) is 0 Å². The fourth-order valence-corrected chi connectivity index (χ4v) is 2.79. The first-order valence-electron chi connectivity index (χ1n) is 9.01. The Labute approximate surface area is 169 Å². The van der Waals surface area contributed by atoms with Crippen LogP contribution in [0.2, 0.25) is 0 Å². The summed E-state index contributed by atoms with van der Waals surface area (Å²) in [6.45, 7) is 0.672. The lowest BCUT2D eigenvalue weighted by molar-refractivity contribution is -0.138. The highest BCUT2D eigenvalue weighted by molar-refractivity contribution is 5.48. The number of hydrogen-bond donors (Lipinski definition) is 2. The molecule has 0 saturated heterocycles. The molecule has 0 atom stereocenters. The van der Waals surface area contributed by atoms with Crippen LogP contribution in [-0.2, 0) is 25.4 Å². The van der Waals surface area contributed by atoms with Gasteiger partial charge < -0.3 is 10.6 Å². The van der Waals surface area contributed by atoms with Gasteiger partial charge >= 0.3 is 12.4 Å². The summed E-state index contributed by atoms with van der Waals surface area (Å²) in [6, 6.07) is 17.2. The van der Waals surface area contributed by atoms with Crippen LogP contribution in [0.1, 0.15) is 22.3 Å². The van der Waals surface area contributed by atoms with Crippen molar-refractivity contribution in [2.45, 2.75) is 25.4 Å². The van der Waals surface area contributed by atoms with Crippen molar-refractivity contribution in [3.05, 3.63) is 95.1 Å². The predicted molar refractivity (Wildman–Crippen MR) is 104 cm³/mol. The van der Waals surface area contributed by atoms with Crippen molar-refractivity contribution in [2.75, 3.05) is 10.6 Å². The molecule has 0 spiro atoms. The van der Waals surface area contributed by atoms with Gasteiger partial charge in [0.15, 0.2) is 0 Å². The van der Waals surface area contributed by atoms with Gasteiger partial charge in [0.2, 0.25) is 0 Å². The molecule has 2 N–H and O–H groups in total. The Hall–Kier alpha value is -3.16. The zero-order chi connectivity index (χ0) is 21.8. The third kappa shape index (κ3) is 5.92. The van der Waals surface area contributed by atoms with Crippen LogP contribution in [0.3, 0.4) is 0 Å². The van der Waals surface area contributed by atoms with Gasteiger partial charge in [0.25, 0.3) is 0 Å². The van der Waals surface area contributed by atoms with E-state index < -0.39 is 23.5 Å². The maximum atomic E-state index is 12.8. The maximum absolute atomic E-state index is 12.8. The highest BCUT2D eigenvalue weighted by atomic mass is 19.4. The van der Waals surface area contributed by atoms with Crippen molar-refractivity contribution < 1.29 is 26.3 Å². The van der Waals surface area contributed by atoms with Crippen LogP contribution >= 0.6 is 0 Å². The number of anilines is 2. The summed E-state index contributed by atoms with van der Waals surface area (Å²) in [5.41, 5.74) is 0.998. The molecule has 0 amide bonds. The molecule has 0 aliphatic heterocycles. The van der Waals surface area contributed by atoms with E-state index in [-0.39, 0.29) is 0 Å². The van der Waals surface area contributed by atoms with E-state index in [1.807, 2.05) is 24.3 Å². The number of alkyl halides is 6. The standard InChI is InChI=1S/C22H18F6N2/c23-21(24,25)17-3-1-5-19(11-17)29-13-15-7-9-16(10-8-15)14-30-20-6-2-4-18(12-20)22(26,27)28/h1-12,29-30H,13-14H2. The summed E-state index contributed by atoms with van der Waals surface area (Å²) in [5.74, 6) is 0. The van der Waals surface area contributed by atoms with Crippen LogP contribution in [0.15, 0.2) is 72.8 Å². The molecule has 2 nitrogen and oxygen atoms in total. The van der Waals surface area contributed by atoms with Gasteiger partial charge in [-0.05, 0) is 47.5 Å². The molecular formula is C22H18F6N2. The molecule has 0 bridgehead atoms. The summed E-state index contributed by atoms with van der Waals surface area (Å²) < 4.78 is 76.6. The Morgan fingerprint density at radius 2 is 0.900 bits per heavy atom. The van der Waals surface area contributed by atoms with Gasteiger partial charge in [0.1, 0.15) is 0 Å². The van der Waals surface area contributed by atoms with Crippen molar-refractivity contribution in [1.82, 2.24) is 0 Å². The van der Waals surface area contributed by atoms with E-state index in [1.165, 1.54) is 12.1 Å². The molecule has 30 heavy (non-hydrogen) atoms. The second-order valence-electron chi connectivity index (χ2n) is 6.68. The topological polar surface area (TPSA) is 24.1 Å². The van der Waals surface area contributed by atoms with Crippen molar-refractivity contribution in [2.24, 2.45) is 0 Å². The Bertz CT molecular complexity index is 897. The number of rotatable bonds is 6. The molecule has 0 saturated carbocycles. The lowest BCUT2D eigenvalue weighted by Gasteiger charge is -2.12. The Morgan fingerprint density at radius 3 is 1.23 bits per heavy atom. The molecule has 0 radical (unpaired) electrons. The summed E-state index contributed by atoms with van der Waals surface area (Å²) in [4.78, 5) is 0. The van der Waals surface area contributed by atoms with E-state index >= 15 is 0 Å². The molecule has 158 valence electrons. The zero-order valence-electron chi connectivity index (χ0n) is 15.6. The second kappa shape index (κ2) is 8.69. The lowest BCUT2D eigenvalue weighted by Crippen LogP contribution is -2.07. The van der Waals surface area contributed by atoms with Gasteiger partial charge in [0, 0.05) is 24.5 Å². The van der Waals surface area contributed by atoms with Gasteiger partial charge in [-0.1, -0.05) is 36.4 Å². The average Bonchev–Trinajstić information content (AvgIpc) is 2.71. The molecule has 0 aliphatic carbocycles. The van der Waals surface area contributed by atoms with Crippen LogP contribution in [0.5, 0.6) is 0 Å². The first-order valence-corrected chi connectivity index (χ1v) is 9.01. The second-order valence-corrected chi connectivity index (χ2v) is 6.68. The minimum atomic E-state index is -4.40. The van der Waals surface area contributed by atoms with E-state index in [4.69, 9.17) is 0 Å². The van der Waals surface area contributed by atoms with Gasteiger partial charge in [-0.3, -0.25) is 0 Å². The molecule has 0 aromatic heterocycles. The van der Waals surface area contributed by atoms with Crippen LogP contribution in [-0.4, -0.2) is 0 Å². The monoisotopic (exact) mass is 424 g/mol. The molecular weight excluding hydrogens is 406 g/mol. The molecule has 3 aromatic rings. The highest BCUT2D eigenvalue weighted by Crippen LogP contribution is 2.31. The Morgan fingerprint density at radius 1 is 0.533 bits per heavy atom. The molecule has 0 unspecified atom stereocenters. The van der Waals surface area contributed by atoms with Crippen molar-refractivity contribution in [1.29, 1.82) is 0 Å². The highest BCUT2D eigenvalue weighted by Gasteiger charge is 2.31. The first kappa shape index (κ1) is 21.5. The quantitative estimate of drug-likeness (QED) is 0.419. The predicted octanol–water partition coefficient (Wildman–Crippen LogP) is 6.95. The largest absolute Gasteiger partial charge is 0.416 e. The number of halogens is 6. The van der Waals surface area contributed by atoms with E-state index in [0.29, 0.717) is 24.5 Å². The molecule has 0 heterocycles. The fraction of sp³-hybridized carbons (Fsp3) is 0.182. The van der Waals surface area contributed by atoms with Gasteiger partial charge in [-0.2, -0.15) is 26.3 Å². The summed E-state index contributed by atoms with van der Waals surface area (Å²) in [7, 11) is 0. The molecule has 0 fully saturated rings. The third-order valence-corrected chi connectivity index (χ3v) is 4.40. The number of hydrogen-bond acceptors (Lipinski definition) is 2. The van der Waals surface area contributed by atoms with Gasteiger partial charge in [-0.25, -0.2) is 0 Å². The number of benzene rings is 3. The Kier molecular flexibility index (Phi) is 6.24. The van der Waals surface area contributed by atoms with Crippen LogP contribution in [0.25, 0.3) is 0 Å². The average molecular weight is 424 g/mol. The van der Waals surface area contributed by atoms with E-state index in [9.17, 15) is 26.3 Å². The van der Waals surface area contributed by atoms with Crippen LogP contribution in [0, 0.1) is 0 Å². The van der Waals surface area contributed by atoms with E-state index in [2.05, 4.69) is 10.6 Å². The first-order chi connectivity index (χ1) is 14.1. The van der Waals surface area contributed by atoms with Gasteiger partial charge in [0.05, 0.1) is 11.1 Å². The molecule has 3 aromatic carbocycles. The summed E-state index contributed by atoms with van der Waals surface area (Å²) in [6.07, 6.45) is -8.79.